The van der Waals surface area contributed by atoms with E-state index in [9.17, 15) is 4.21 Å². The predicted molar refractivity (Wildman–Crippen MR) is 140 cm³/mol. The molecule has 184 valence electrons. The van der Waals surface area contributed by atoms with Crippen molar-refractivity contribution >= 4 is 22.1 Å². The number of hydrogen-bond donors (Lipinski definition) is 1. The summed E-state index contributed by atoms with van der Waals surface area (Å²) in [4.78, 5) is 23.6. The van der Waals surface area contributed by atoms with Crippen molar-refractivity contribution in [3.63, 3.8) is 0 Å². The molecule has 2 unspecified atom stereocenters. The molecule has 9 heteroatoms. The molecule has 0 saturated carbocycles. The quantitative estimate of drug-likeness (QED) is 0.412. The third kappa shape index (κ3) is 4.50. The van der Waals surface area contributed by atoms with Gasteiger partial charge in [0.05, 0.1) is 16.0 Å². The van der Waals surface area contributed by atoms with Crippen LogP contribution in [0.2, 0.25) is 0 Å². The van der Waals surface area contributed by atoms with Crippen LogP contribution >= 0.6 is 0 Å². The zero-order valence-electron chi connectivity index (χ0n) is 21.5. The number of aromatic nitrogens is 6. The van der Waals surface area contributed by atoms with Crippen LogP contribution in [0.25, 0.3) is 33.8 Å². The molecule has 0 fully saturated rings. The fraction of sp³-hybridized carbons (Fsp3) is 0.423. The Kier molecular flexibility index (Phi) is 7.10. The normalized spacial score (nSPS) is 19.0. The second-order valence-corrected chi connectivity index (χ2v) is 10.3. The molecule has 0 spiro atoms. The Balaban J connectivity index is 0.00000141. The molecule has 2 atom stereocenters. The largest absolute Gasteiger partial charge is 0.309 e. The number of nitrogens with one attached hydrogen (secondary N) is 1. The van der Waals surface area contributed by atoms with Crippen LogP contribution in [0.3, 0.4) is 0 Å². The number of fused-ring (bicyclic) bond motifs is 2. The van der Waals surface area contributed by atoms with Gasteiger partial charge in [0, 0.05) is 24.5 Å². The smallest absolute Gasteiger partial charge is 0.164 e. The molecule has 0 saturated heterocycles. The fourth-order valence-electron chi connectivity index (χ4n) is 4.73. The van der Waals surface area contributed by atoms with E-state index in [0.717, 1.165) is 50.7 Å². The van der Waals surface area contributed by atoms with E-state index >= 15 is 0 Å². The highest BCUT2D eigenvalue weighted by Crippen LogP contribution is 2.40. The molecule has 1 aliphatic heterocycles. The molecule has 4 aromatic rings. The second kappa shape index (κ2) is 9.91. The lowest BCUT2D eigenvalue weighted by Gasteiger charge is -2.27. The minimum atomic E-state index is -1.22. The van der Waals surface area contributed by atoms with Crippen molar-refractivity contribution in [2.75, 3.05) is 0 Å². The third-order valence-electron chi connectivity index (χ3n) is 6.07. The number of imidazole rings is 1. The maximum atomic E-state index is 12.7. The van der Waals surface area contributed by atoms with Crippen molar-refractivity contribution in [3.8, 4) is 22.6 Å². The van der Waals surface area contributed by atoms with Crippen LogP contribution in [0.5, 0.6) is 0 Å². The van der Waals surface area contributed by atoms with E-state index < -0.39 is 11.0 Å². The first-order valence-electron chi connectivity index (χ1n) is 12.2. The van der Waals surface area contributed by atoms with E-state index in [-0.39, 0.29) is 5.54 Å². The summed E-state index contributed by atoms with van der Waals surface area (Å²) in [6.07, 6.45) is 6.04. The molecule has 5 rings (SSSR count). The number of benzene rings is 1. The maximum Gasteiger partial charge on any atom is 0.164 e. The minimum Gasteiger partial charge on any atom is -0.309 e. The van der Waals surface area contributed by atoms with Crippen LogP contribution in [0, 0.1) is 12.8 Å². The van der Waals surface area contributed by atoms with Gasteiger partial charge in [-0.3, -0.25) is 0 Å². The van der Waals surface area contributed by atoms with Crippen LogP contribution in [-0.2, 0) is 23.1 Å². The first-order valence-corrected chi connectivity index (χ1v) is 13.3. The van der Waals surface area contributed by atoms with Crippen LogP contribution in [0.15, 0.2) is 41.8 Å². The van der Waals surface area contributed by atoms with Gasteiger partial charge in [0.25, 0.3) is 0 Å². The van der Waals surface area contributed by atoms with Crippen LogP contribution < -0.4 is 4.72 Å². The van der Waals surface area contributed by atoms with Gasteiger partial charge >= 0.3 is 0 Å². The second-order valence-electron chi connectivity index (χ2n) is 9.10. The topological polar surface area (TPSA) is 98.5 Å². The van der Waals surface area contributed by atoms with Crippen molar-refractivity contribution in [2.45, 2.75) is 71.9 Å². The van der Waals surface area contributed by atoms with Gasteiger partial charge in [-0.15, -0.1) is 0 Å². The first kappa shape index (κ1) is 25.1. The van der Waals surface area contributed by atoms with Gasteiger partial charge < -0.3 is 4.57 Å². The molecular formula is C26H33N7OS. The Bertz CT molecular complexity index is 1380. The molecule has 3 aromatic heterocycles. The average molecular weight is 492 g/mol. The lowest BCUT2D eigenvalue weighted by atomic mass is 9.84. The zero-order chi connectivity index (χ0) is 25.3. The summed E-state index contributed by atoms with van der Waals surface area (Å²) < 4.78 is 18.1. The lowest BCUT2D eigenvalue weighted by Crippen LogP contribution is -2.35. The highest BCUT2D eigenvalue weighted by molar-refractivity contribution is 7.83. The fourth-order valence-corrected chi connectivity index (χ4v) is 6.12. The van der Waals surface area contributed by atoms with E-state index in [1.54, 1.807) is 18.7 Å². The predicted octanol–water partition coefficient (Wildman–Crippen LogP) is 5.19. The van der Waals surface area contributed by atoms with Crippen molar-refractivity contribution in [1.29, 1.82) is 0 Å². The standard InChI is InChI=1S/C24H27N7OS.C2H6/c1-6-31-22(17-11-25-15(4)26-12-17)29-21-20(27-13-28-23(21)31)16-7-8-19-18(9-16)24(5,10-14(2)3)30-33(19)32;1-2/h7-9,11-14,30H,6,10H2,1-5H3;1-2H3. The monoisotopic (exact) mass is 491 g/mol. The van der Waals surface area contributed by atoms with Gasteiger partial charge in [0.15, 0.2) is 5.65 Å². The minimum absolute atomic E-state index is 0.357. The lowest BCUT2D eigenvalue weighted by molar-refractivity contribution is 0.357. The van der Waals surface area contributed by atoms with Gasteiger partial charge in [-0.05, 0) is 50.8 Å². The SMILES string of the molecule is CC.CCn1c(-c2cnc(C)nc2)nc2c(-c3ccc4c(c3)C(C)(CC(C)C)NS4=O)ncnc21. The van der Waals surface area contributed by atoms with Gasteiger partial charge in [0.2, 0.25) is 0 Å². The molecule has 1 aliphatic rings. The van der Waals surface area contributed by atoms with Crippen LogP contribution in [0.1, 0.15) is 59.4 Å². The van der Waals surface area contributed by atoms with Gasteiger partial charge in [-0.25, -0.2) is 33.9 Å². The molecule has 35 heavy (non-hydrogen) atoms. The Morgan fingerprint density at radius 3 is 2.46 bits per heavy atom. The molecule has 0 aliphatic carbocycles. The molecule has 4 heterocycles. The summed E-state index contributed by atoms with van der Waals surface area (Å²) in [5, 5.41) is 0. The van der Waals surface area contributed by atoms with E-state index in [4.69, 9.17) is 4.98 Å². The van der Waals surface area contributed by atoms with Gasteiger partial charge in [-0.1, -0.05) is 33.8 Å². The van der Waals surface area contributed by atoms with E-state index in [1.165, 1.54) is 0 Å². The Morgan fingerprint density at radius 1 is 1.09 bits per heavy atom. The van der Waals surface area contributed by atoms with Crippen LogP contribution in [0.4, 0.5) is 0 Å². The average Bonchev–Trinajstić information content (AvgIpc) is 3.34. The third-order valence-corrected chi connectivity index (χ3v) is 7.46. The summed E-state index contributed by atoms with van der Waals surface area (Å²) in [5.74, 6) is 1.94. The van der Waals surface area contributed by atoms with Crippen molar-refractivity contribution in [1.82, 2.24) is 34.2 Å². The number of nitrogens with zero attached hydrogens (tertiary/aromatic N) is 6. The maximum absolute atomic E-state index is 12.7. The summed E-state index contributed by atoms with van der Waals surface area (Å²) in [5.41, 5.74) is 4.73. The highest BCUT2D eigenvalue weighted by atomic mass is 32.2. The molecule has 8 nitrogen and oxygen atoms in total. The van der Waals surface area contributed by atoms with Gasteiger partial charge in [-0.2, -0.15) is 0 Å². The van der Waals surface area contributed by atoms with Crippen molar-refractivity contribution < 1.29 is 4.21 Å². The number of aryl methyl sites for hydroxylation is 2. The summed E-state index contributed by atoms with van der Waals surface area (Å²) in [6, 6.07) is 6.02. The molecule has 0 radical (unpaired) electrons. The number of rotatable bonds is 5. The zero-order valence-corrected chi connectivity index (χ0v) is 22.3. The summed E-state index contributed by atoms with van der Waals surface area (Å²) >= 11 is 0. The molecule has 0 amide bonds. The summed E-state index contributed by atoms with van der Waals surface area (Å²) in [6.45, 7) is 15.1. The van der Waals surface area contributed by atoms with Crippen molar-refractivity contribution in [2.24, 2.45) is 5.92 Å². The highest BCUT2D eigenvalue weighted by Gasteiger charge is 2.39. The Morgan fingerprint density at radius 2 is 1.80 bits per heavy atom. The van der Waals surface area contributed by atoms with Gasteiger partial charge in [0.1, 0.15) is 40.2 Å². The Hall–Kier alpha value is -3.04. The van der Waals surface area contributed by atoms with Crippen LogP contribution in [-0.4, -0.2) is 33.7 Å². The van der Waals surface area contributed by atoms with Crippen molar-refractivity contribution in [3.05, 3.63) is 48.3 Å². The molecule has 0 bridgehead atoms. The van der Waals surface area contributed by atoms with E-state index in [2.05, 4.69) is 63.0 Å². The molecule has 1 N–H and O–H groups in total. The first-order chi connectivity index (χ1) is 16.8. The molecule has 1 aromatic carbocycles. The van der Waals surface area contributed by atoms with E-state index in [0.29, 0.717) is 18.3 Å². The number of hydrogen-bond acceptors (Lipinski definition) is 6. The van der Waals surface area contributed by atoms with E-state index in [1.807, 2.05) is 32.9 Å². The Labute approximate surface area is 209 Å². The summed E-state index contributed by atoms with van der Waals surface area (Å²) in [7, 11) is -1.22. The molecular weight excluding hydrogens is 458 g/mol.